The molecule has 3 nitrogen and oxygen atoms in total. The molecule has 1 heterocycles. The molecule has 0 aliphatic rings. The topological polar surface area (TPSA) is 52.0 Å². The summed E-state index contributed by atoms with van der Waals surface area (Å²) < 4.78 is 6.34. The molecule has 2 rings (SSSR count). The van der Waals surface area contributed by atoms with Crippen molar-refractivity contribution >= 4 is 15.9 Å². The van der Waals surface area contributed by atoms with Gasteiger partial charge in [0.25, 0.3) is 0 Å². The first-order chi connectivity index (χ1) is 7.74. The van der Waals surface area contributed by atoms with Crippen LogP contribution in [-0.2, 0) is 13.0 Å². The Morgan fingerprint density at radius 3 is 2.88 bits per heavy atom. The van der Waals surface area contributed by atoms with Crippen molar-refractivity contribution in [1.82, 2.24) is 4.98 Å². The van der Waals surface area contributed by atoms with Gasteiger partial charge in [0.15, 0.2) is 5.89 Å². The average molecular weight is 281 g/mol. The Balaban J connectivity index is 2.40. The largest absolute Gasteiger partial charge is 0.448 e. The van der Waals surface area contributed by atoms with Crippen LogP contribution < -0.4 is 5.73 Å². The summed E-state index contributed by atoms with van der Waals surface area (Å²) in [5.41, 5.74) is 8.62. The van der Waals surface area contributed by atoms with E-state index in [4.69, 9.17) is 10.2 Å². The van der Waals surface area contributed by atoms with E-state index in [0.717, 1.165) is 33.6 Å². The number of oxazole rings is 1. The van der Waals surface area contributed by atoms with Gasteiger partial charge in [-0.25, -0.2) is 4.98 Å². The lowest BCUT2D eigenvalue weighted by Crippen LogP contribution is -1.97. The molecule has 2 N–H and O–H groups in total. The maximum Gasteiger partial charge on any atom is 0.194 e. The van der Waals surface area contributed by atoms with E-state index >= 15 is 0 Å². The van der Waals surface area contributed by atoms with Crippen molar-refractivity contribution < 1.29 is 4.42 Å². The van der Waals surface area contributed by atoms with Gasteiger partial charge in [0.2, 0.25) is 0 Å². The molecular formula is C12H13BrN2O. The number of nitrogens with two attached hydrogens (primary N) is 1. The highest BCUT2D eigenvalue weighted by Gasteiger charge is 2.07. The van der Waals surface area contributed by atoms with Gasteiger partial charge < -0.3 is 10.2 Å². The zero-order chi connectivity index (χ0) is 11.5. The summed E-state index contributed by atoms with van der Waals surface area (Å²) in [5, 5.41) is 0. The number of aryl methyl sites for hydroxylation is 1. The predicted octanol–water partition coefficient (Wildman–Crippen LogP) is 3.13. The molecule has 0 unspecified atom stereocenters. The van der Waals surface area contributed by atoms with Crippen LogP contribution in [0.4, 0.5) is 0 Å². The van der Waals surface area contributed by atoms with Crippen LogP contribution in [0.2, 0.25) is 0 Å². The Morgan fingerprint density at radius 1 is 1.44 bits per heavy atom. The van der Waals surface area contributed by atoms with Gasteiger partial charge in [-0.3, -0.25) is 0 Å². The van der Waals surface area contributed by atoms with Gasteiger partial charge in [-0.1, -0.05) is 28.9 Å². The zero-order valence-electron chi connectivity index (χ0n) is 9.03. The lowest BCUT2D eigenvalue weighted by atomic mass is 10.1. The zero-order valence-corrected chi connectivity index (χ0v) is 10.6. The molecular weight excluding hydrogens is 268 g/mol. The first-order valence-electron chi connectivity index (χ1n) is 5.18. The molecule has 16 heavy (non-hydrogen) atoms. The Kier molecular flexibility index (Phi) is 3.41. The van der Waals surface area contributed by atoms with Gasteiger partial charge in [-0.2, -0.15) is 0 Å². The summed E-state index contributed by atoms with van der Waals surface area (Å²) >= 11 is 3.46. The molecule has 1 aromatic carbocycles. The fourth-order valence-electron chi connectivity index (χ4n) is 1.50. The number of hydrogen-bond donors (Lipinski definition) is 1. The number of aromatic nitrogens is 1. The molecule has 0 saturated heterocycles. The van der Waals surface area contributed by atoms with E-state index < -0.39 is 0 Å². The van der Waals surface area contributed by atoms with Crippen molar-refractivity contribution in [3.63, 3.8) is 0 Å². The van der Waals surface area contributed by atoms with E-state index in [0.29, 0.717) is 6.54 Å². The van der Waals surface area contributed by atoms with Gasteiger partial charge in [-0.15, -0.1) is 0 Å². The maximum atomic E-state index is 5.66. The van der Waals surface area contributed by atoms with Crippen molar-refractivity contribution in [2.24, 2.45) is 5.73 Å². The minimum absolute atomic E-state index is 0.507. The second-order valence-corrected chi connectivity index (χ2v) is 4.34. The summed E-state index contributed by atoms with van der Waals surface area (Å²) in [6.07, 6.45) is 2.49. The minimum Gasteiger partial charge on any atom is -0.448 e. The van der Waals surface area contributed by atoms with E-state index in [9.17, 15) is 0 Å². The quantitative estimate of drug-likeness (QED) is 0.940. The van der Waals surface area contributed by atoms with Crippen molar-refractivity contribution in [2.75, 3.05) is 0 Å². The lowest BCUT2D eigenvalue weighted by Gasteiger charge is -2.03. The van der Waals surface area contributed by atoms with Crippen molar-refractivity contribution in [2.45, 2.75) is 19.9 Å². The van der Waals surface area contributed by atoms with Gasteiger partial charge >= 0.3 is 0 Å². The minimum atomic E-state index is 0.507. The molecule has 0 atom stereocenters. The van der Waals surface area contributed by atoms with Gasteiger partial charge in [-0.05, 0) is 17.7 Å². The molecule has 0 amide bonds. The fourth-order valence-corrected chi connectivity index (χ4v) is 1.90. The second kappa shape index (κ2) is 4.80. The molecule has 0 saturated carbocycles. The highest BCUT2D eigenvalue weighted by Crippen LogP contribution is 2.24. The summed E-state index contributed by atoms with van der Waals surface area (Å²) in [5.74, 6) is 0.757. The van der Waals surface area contributed by atoms with Crippen LogP contribution in [0, 0.1) is 0 Å². The summed E-state index contributed by atoms with van der Waals surface area (Å²) in [4.78, 5) is 4.38. The van der Waals surface area contributed by atoms with E-state index in [1.165, 1.54) is 0 Å². The van der Waals surface area contributed by atoms with Crippen LogP contribution in [0.5, 0.6) is 0 Å². The standard InChI is InChI=1S/C12H13BrN2O/c1-2-12-15-11(7-16-12)8-3-4-10(13)9(5-8)6-14/h3-5,7H,2,6,14H2,1H3. The average Bonchev–Trinajstić information content (AvgIpc) is 2.78. The number of rotatable bonds is 3. The number of hydrogen-bond acceptors (Lipinski definition) is 3. The van der Waals surface area contributed by atoms with Crippen molar-refractivity contribution in [1.29, 1.82) is 0 Å². The number of nitrogens with zero attached hydrogens (tertiary/aromatic N) is 1. The van der Waals surface area contributed by atoms with Crippen molar-refractivity contribution in [3.05, 3.63) is 40.4 Å². The van der Waals surface area contributed by atoms with E-state index in [2.05, 4.69) is 20.9 Å². The van der Waals surface area contributed by atoms with E-state index in [-0.39, 0.29) is 0 Å². The summed E-state index contributed by atoms with van der Waals surface area (Å²) in [6, 6.07) is 6.01. The molecule has 84 valence electrons. The van der Waals surface area contributed by atoms with Gasteiger partial charge in [0, 0.05) is 23.0 Å². The summed E-state index contributed by atoms with van der Waals surface area (Å²) in [6.45, 7) is 2.52. The highest BCUT2D eigenvalue weighted by atomic mass is 79.9. The van der Waals surface area contributed by atoms with E-state index in [1.807, 2.05) is 25.1 Å². The second-order valence-electron chi connectivity index (χ2n) is 3.49. The smallest absolute Gasteiger partial charge is 0.194 e. The highest BCUT2D eigenvalue weighted by molar-refractivity contribution is 9.10. The van der Waals surface area contributed by atoms with Crippen LogP contribution in [0.15, 0.2) is 33.4 Å². The lowest BCUT2D eigenvalue weighted by molar-refractivity contribution is 0.502. The normalized spacial score (nSPS) is 10.7. The van der Waals surface area contributed by atoms with E-state index in [1.54, 1.807) is 6.26 Å². The number of halogens is 1. The van der Waals surface area contributed by atoms with Crippen LogP contribution in [0.25, 0.3) is 11.3 Å². The molecule has 2 aromatic rings. The fraction of sp³-hybridized carbons (Fsp3) is 0.250. The Bertz CT molecular complexity index is 494. The summed E-state index contributed by atoms with van der Waals surface area (Å²) in [7, 11) is 0. The SMILES string of the molecule is CCc1nc(-c2ccc(Br)c(CN)c2)co1. The first-order valence-corrected chi connectivity index (χ1v) is 5.97. The Hall–Kier alpha value is -1.13. The Labute approximate surface area is 103 Å². The third-order valence-electron chi connectivity index (χ3n) is 2.42. The maximum absolute atomic E-state index is 5.66. The van der Waals surface area contributed by atoms with Crippen LogP contribution in [0.1, 0.15) is 18.4 Å². The monoisotopic (exact) mass is 280 g/mol. The Morgan fingerprint density at radius 2 is 2.25 bits per heavy atom. The molecule has 0 radical (unpaired) electrons. The van der Waals surface area contributed by atoms with Crippen molar-refractivity contribution in [3.8, 4) is 11.3 Å². The van der Waals surface area contributed by atoms with Gasteiger partial charge in [0.1, 0.15) is 12.0 Å². The van der Waals surface area contributed by atoms with Crippen LogP contribution in [0.3, 0.4) is 0 Å². The van der Waals surface area contributed by atoms with Crippen LogP contribution >= 0.6 is 15.9 Å². The molecule has 4 heteroatoms. The molecule has 0 aliphatic carbocycles. The molecule has 0 aliphatic heterocycles. The predicted molar refractivity (Wildman–Crippen MR) is 66.9 cm³/mol. The molecule has 0 spiro atoms. The van der Waals surface area contributed by atoms with Crippen LogP contribution in [-0.4, -0.2) is 4.98 Å². The van der Waals surface area contributed by atoms with Gasteiger partial charge in [0.05, 0.1) is 0 Å². The molecule has 0 bridgehead atoms. The first kappa shape index (κ1) is 11.4. The third kappa shape index (κ3) is 2.18. The molecule has 1 aromatic heterocycles. The number of benzene rings is 1. The molecule has 0 fully saturated rings. The third-order valence-corrected chi connectivity index (χ3v) is 3.19.